The van der Waals surface area contributed by atoms with Crippen LogP contribution in [0.4, 0.5) is 4.39 Å². The number of fused-ring (bicyclic) bond motifs is 1. The van der Waals surface area contributed by atoms with Gasteiger partial charge < -0.3 is 15.2 Å². The molecule has 1 aliphatic rings. The predicted octanol–water partition coefficient (Wildman–Crippen LogP) is 4.11. The van der Waals surface area contributed by atoms with Crippen molar-refractivity contribution in [2.45, 2.75) is 26.3 Å². The summed E-state index contributed by atoms with van der Waals surface area (Å²) < 4.78 is 13.3. The van der Waals surface area contributed by atoms with Crippen molar-refractivity contribution in [2.75, 3.05) is 13.1 Å². The first-order valence-corrected chi connectivity index (χ1v) is 10.4. The van der Waals surface area contributed by atoms with Crippen LogP contribution in [-0.4, -0.2) is 34.8 Å². The maximum absolute atomic E-state index is 13.3. The highest BCUT2D eigenvalue weighted by Crippen LogP contribution is 2.26. The third-order valence-corrected chi connectivity index (χ3v) is 6.06. The van der Waals surface area contributed by atoms with Crippen LogP contribution in [0.25, 0.3) is 10.9 Å². The molecule has 2 amide bonds. The van der Waals surface area contributed by atoms with Gasteiger partial charge in [0.05, 0.1) is 0 Å². The number of piperidine rings is 1. The Morgan fingerprint density at radius 2 is 1.90 bits per heavy atom. The molecule has 30 heavy (non-hydrogen) atoms. The summed E-state index contributed by atoms with van der Waals surface area (Å²) in [4.78, 5) is 30.5. The number of aromatic amines is 1. The summed E-state index contributed by atoms with van der Waals surface area (Å²) in [5.41, 5.74) is 2.31. The van der Waals surface area contributed by atoms with E-state index >= 15 is 0 Å². The zero-order valence-electron chi connectivity index (χ0n) is 17.0. The Bertz CT molecular complexity index is 1020. The van der Waals surface area contributed by atoms with Crippen molar-refractivity contribution < 1.29 is 14.0 Å². The second-order valence-corrected chi connectivity index (χ2v) is 8.04. The van der Waals surface area contributed by atoms with E-state index in [0.717, 1.165) is 29.3 Å². The average molecular weight is 407 g/mol. The first-order valence-electron chi connectivity index (χ1n) is 10.4. The van der Waals surface area contributed by atoms with Gasteiger partial charge in [-0.3, -0.25) is 9.59 Å². The minimum absolute atomic E-state index is 0.00728. The maximum Gasteiger partial charge on any atom is 0.270 e. The van der Waals surface area contributed by atoms with Crippen molar-refractivity contribution in [3.63, 3.8) is 0 Å². The molecule has 1 aliphatic heterocycles. The fourth-order valence-corrected chi connectivity index (χ4v) is 4.17. The van der Waals surface area contributed by atoms with E-state index in [1.807, 2.05) is 42.2 Å². The predicted molar refractivity (Wildman–Crippen MR) is 114 cm³/mol. The second kappa shape index (κ2) is 8.69. The van der Waals surface area contributed by atoms with Crippen LogP contribution in [0.1, 0.15) is 35.8 Å². The summed E-state index contributed by atoms with van der Waals surface area (Å²) in [6, 6.07) is 16.0. The van der Waals surface area contributed by atoms with Crippen LogP contribution in [0.15, 0.2) is 54.6 Å². The molecule has 3 aromatic rings. The number of carbonyl (C=O) groups is 2. The number of rotatable bonds is 5. The first kappa shape index (κ1) is 20.1. The number of nitrogens with zero attached hydrogens (tertiary/aromatic N) is 1. The third kappa shape index (κ3) is 4.37. The number of para-hydroxylation sites is 1. The molecule has 2 heterocycles. The largest absolute Gasteiger partial charge is 0.352 e. The molecule has 0 unspecified atom stereocenters. The summed E-state index contributed by atoms with van der Waals surface area (Å²) >= 11 is 0. The van der Waals surface area contributed by atoms with Gasteiger partial charge in [-0.1, -0.05) is 37.3 Å². The number of H-pyrrole nitrogens is 1. The molecule has 1 aromatic heterocycles. The van der Waals surface area contributed by atoms with Crippen LogP contribution >= 0.6 is 0 Å². The van der Waals surface area contributed by atoms with Gasteiger partial charge in [-0.15, -0.1) is 0 Å². The Morgan fingerprint density at radius 1 is 1.13 bits per heavy atom. The molecule has 0 radical (unpaired) electrons. The van der Waals surface area contributed by atoms with Crippen molar-refractivity contribution in [1.29, 1.82) is 0 Å². The van der Waals surface area contributed by atoms with E-state index in [-0.39, 0.29) is 29.5 Å². The lowest BCUT2D eigenvalue weighted by Crippen LogP contribution is -2.42. The van der Waals surface area contributed by atoms with Gasteiger partial charge in [0.1, 0.15) is 11.5 Å². The van der Waals surface area contributed by atoms with Crippen LogP contribution in [0.5, 0.6) is 0 Å². The number of hydrogen-bond donors (Lipinski definition) is 2. The molecular weight excluding hydrogens is 381 g/mol. The van der Waals surface area contributed by atoms with Gasteiger partial charge >= 0.3 is 0 Å². The van der Waals surface area contributed by atoms with Crippen molar-refractivity contribution in [1.82, 2.24) is 15.2 Å². The maximum atomic E-state index is 13.3. The second-order valence-electron chi connectivity index (χ2n) is 8.04. The molecule has 2 aromatic carbocycles. The number of halogens is 1. The number of carbonyl (C=O) groups excluding carboxylic acids is 2. The minimum Gasteiger partial charge on any atom is -0.352 e. The molecule has 0 spiro atoms. The van der Waals surface area contributed by atoms with Crippen LogP contribution in [-0.2, 0) is 11.3 Å². The lowest BCUT2D eigenvalue weighted by molar-refractivity contribution is -0.126. The summed E-state index contributed by atoms with van der Waals surface area (Å²) in [5, 5.41) is 3.93. The molecule has 0 aliphatic carbocycles. The van der Waals surface area contributed by atoms with Crippen LogP contribution in [0.3, 0.4) is 0 Å². The first-order chi connectivity index (χ1) is 14.5. The van der Waals surface area contributed by atoms with E-state index in [0.29, 0.717) is 25.3 Å². The van der Waals surface area contributed by atoms with Gasteiger partial charge in [-0.25, -0.2) is 4.39 Å². The Labute approximate surface area is 175 Å². The third-order valence-electron chi connectivity index (χ3n) is 6.06. The molecule has 2 N–H and O–H groups in total. The number of hydrogen-bond acceptors (Lipinski definition) is 2. The van der Waals surface area contributed by atoms with E-state index in [4.69, 9.17) is 0 Å². The zero-order valence-corrected chi connectivity index (χ0v) is 17.0. The monoisotopic (exact) mass is 407 g/mol. The molecule has 1 saturated heterocycles. The standard InChI is InChI=1S/C24H26FN3O2/c1-16(23(29)26-15-17-5-4-7-20(25)13-17)18-9-11-28(12-10-18)24(30)22-14-19-6-2-3-8-21(19)27-22/h2-8,13-14,16,18,27H,9-12,15H2,1H3,(H,26,29)/t16-/m0/s1. The van der Waals surface area contributed by atoms with Gasteiger partial charge in [-0.2, -0.15) is 0 Å². The Morgan fingerprint density at radius 3 is 2.63 bits per heavy atom. The normalized spacial score (nSPS) is 15.9. The number of nitrogens with one attached hydrogen (secondary N) is 2. The van der Waals surface area contributed by atoms with Crippen LogP contribution in [0, 0.1) is 17.7 Å². The van der Waals surface area contributed by atoms with Crippen LogP contribution in [0.2, 0.25) is 0 Å². The SMILES string of the molecule is C[C@H](C(=O)NCc1cccc(F)c1)C1CCN(C(=O)c2cc3ccccc3[nH]2)CC1. The molecule has 1 fully saturated rings. The van der Waals surface area contributed by atoms with Gasteiger partial charge in [-0.05, 0) is 48.6 Å². The summed E-state index contributed by atoms with van der Waals surface area (Å²) in [5.74, 6) is -0.248. The van der Waals surface area contributed by atoms with Gasteiger partial charge in [0, 0.05) is 36.5 Å². The summed E-state index contributed by atoms with van der Waals surface area (Å²) in [6.07, 6.45) is 1.58. The summed E-state index contributed by atoms with van der Waals surface area (Å²) in [6.45, 7) is 3.53. The summed E-state index contributed by atoms with van der Waals surface area (Å²) in [7, 11) is 0. The quantitative estimate of drug-likeness (QED) is 0.668. The Kier molecular flexibility index (Phi) is 5.84. The van der Waals surface area contributed by atoms with Crippen molar-refractivity contribution in [3.05, 3.63) is 71.7 Å². The lowest BCUT2D eigenvalue weighted by Gasteiger charge is -2.34. The molecule has 156 valence electrons. The van der Waals surface area contributed by atoms with Gasteiger partial charge in [0.25, 0.3) is 5.91 Å². The van der Waals surface area contributed by atoms with Crippen molar-refractivity contribution in [2.24, 2.45) is 11.8 Å². The highest BCUT2D eigenvalue weighted by molar-refractivity contribution is 5.98. The Hall–Kier alpha value is -3.15. The molecule has 0 saturated carbocycles. The van der Waals surface area contributed by atoms with E-state index < -0.39 is 0 Å². The molecule has 4 rings (SSSR count). The van der Waals surface area contributed by atoms with E-state index in [2.05, 4.69) is 10.3 Å². The highest BCUT2D eigenvalue weighted by atomic mass is 19.1. The van der Waals surface area contributed by atoms with E-state index in [1.165, 1.54) is 12.1 Å². The lowest BCUT2D eigenvalue weighted by atomic mass is 9.84. The number of likely N-dealkylation sites (tertiary alicyclic amines) is 1. The number of amides is 2. The number of benzene rings is 2. The van der Waals surface area contributed by atoms with Crippen molar-refractivity contribution in [3.8, 4) is 0 Å². The molecule has 1 atom stereocenters. The Balaban J connectivity index is 1.29. The highest BCUT2D eigenvalue weighted by Gasteiger charge is 2.30. The minimum atomic E-state index is -0.304. The molecule has 5 nitrogen and oxygen atoms in total. The van der Waals surface area contributed by atoms with Gasteiger partial charge in [0.15, 0.2) is 0 Å². The topological polar surface area (TPSA) is 65.2 Å². The smallest absolute Gasteiger partial charge is 0.270 e. The van der Waals surface area contributed by atoms with Gasteiger partial charge in [0.2, 0.25) is 5.91 Å². The molecule has 6 heteroatoms. The van der Waals surface area contributed by atoms with Crippen molar-refractivity contribution >= 4 is 22.7 Å². The van der Waals surface area contributed by atoms with E-state index in [9.17, 15) is 14.0 Å². The fourth-order valence-electron chi connectivity index (χ4n) is 4.17. The zero-order chi connectivity index (χ0) is 21.1. The van der Waals surface area contributed by atoms with Crippen LogP contribution < -0.4 is 5.32 Å². The molecule has 0 bridgehead atoms. The number of aromatic nitrogens is 1. The molecular formula is C24H26FN3O2. The fraction of sp³-hybridized carbons (Fsp3) is 0.333. The van der Waals surface area contributed by atoms with E-state index in [1.54, 1.807) is 12.1 Å². The average Bonchev–Trinajstić information content (AvgIpc) is 3.21.